The highest BCUT2D eigenvalue weighted by molar-refractivity contribution is 9.10. The zero-order chi connectivity index (χ0) is 17.7. The molecule has 0 amide bonds. The van der Waals surface area contributed by atoms with Gasteiger partial charge in [0, 0.05) is 0 Å². The Kier molecular flexibility index (Phi) is 3.89. The molecule has 4 nitrogen and oxygen atoms in total. The average molecular weight is 414 g/mol. The maximum atomic E-state index is 14.1. The highest BCUT2D eigenvalue weighted by Gasteiger charge is 2.59. The summed E-state index contributed by atoms with van der Waals surface area (Å²) in [7, 11) is -4.72. The summed E-state index contributed by atoms with van der Waals surface area (Å²) in [6, 6.07) is 10.7. The van der Waals surface area contributed by atoms with Crippen LogP contribution < -0.4 is 4.74 Å². The minimum absolute atomic E-state index is 0.00561. The number of nitrogens with zero attached hydrogens (tertiary/aromatic N) is 1. The van der Waals surface area contributed by atoms with Crippen LogP contribution in [0.25, 0.3) is 0 Å². The monoisotopic (exact) mass is 413 g/mol. The van der Waals surface area contributed by atoms with Gasteiger partial charge >= 0.3 is 5.25 Å². The second kappa shape index (κ2) is 5.53. The standard InChI is InChI=1S/C16H10BrF2NO3S/c1-9-14-13(24(21,22)16(9,18)19)6-5-12(15(14)17)23-11-4-2-3-10(7-11)8-20/h2-7,9H,1H3/t9-/m1/s1. The quantitative estimate of drug-likeness (QED) is 0.721. The van der Waals surface area contributed by atoms with Gasteiger partial charge in [-0.25, -0.2) is 8.42 Å². The molecule has 0 unspecified atom stereocenters. The molecule has 0 aromatic heterocycles. The molecule has 1 heterocycles. The third-order valence-corrected chi connectivity index (χ3v) is 6.70. The van der Waals surface area contributed by atoms with Gasteiger partial charge in [0.2, 0.25) is 9.84 Å². The first kappa shape index (κ1) is 16.9. The summed E-state index contributed by atoms with van der Waals surface area (Å²) in [4.78, 5) is -0.398. The normalized spacial score (nSPS) is 20.2. The van der Waals surface area contributed by atoms with Crippen LogP contribution in [0.5, 0.6) is 11.5 Å². The highest BCUT2D eigenvalue weighted by Crippen LogP contribution is 2.54. The van der Waals surface area contributed by atoms with Gasteiger partial charge in [-0.3, -0.25) is 0 Å². The van der Waals surface area contributed by atoms with Crippen LogP contribution in [0.3, 0.4) is 0 Å². The third-order valence-electron chi connectivity index (χ3n) is 3.88. The van der Waals surface area contributed by atoms with E-state index in [1.807, 2.05) is 6.07 Å². The van der Waals surface area contributed by atoms with Crippen molar-refractivity contribution in [1.82, 2.24) is 0 Å². The van der Waals surface area contributed by atoms with Crippen molar-refractivity contribution < 1.29 is 21.9 Å². The van der Waals surface area contributed by atoms with E-state index in [0.717, 1.165) is 13.0 Å². The first-order chi connectivity index (χ1) is 11.2. The van der Waals surface area contributed by atoms with Crippen LogP contribution in [0.15, 0.2) is 45.8 Å². The van der Waals surface area contributed by atoms with E-state index >= 15 is 0 Å². The molecule has 124 valence electrons. The van der Waals surface area contributed by atoms with E-state index in [0.29, 0.717) is 11.3 Å². The van der Waals surface area contributed by atoms with Crippen molar-refractivity contribution >= 4 is 25.8 Å². The zero-order valence-corrected chi connectivity index (χ0v) is 14.7. The Morgan fingerprint density at radius 2 is 2.00 bits per heavy atom. The SMILES string of the molecule is C[C@@H]1c2c(ccc(Oc3cccc(C#N)c3)c2Br)S(=O)(=O)C1(F)F. The molecule has 0 saturated carbocycles. The lowest BCUT2D eigenvalue weighted by Crippen LogP contribution is -2.27. The summed E-state index contributed by atoms with van der Waals surface area (Å²) in [5.74, 6) is -0.959. The van der Waals surface area contributed by atoms with E-state index < -0.39 is 25.9 Å². The topological polar surface area (TPSA) is 67.2 Å². The summed E-state index contributed by atoms with van der Waals surface area (Å²) >= 11 is 3.18. The van der Waals surface area contributed by atoms with Crippen LogP contribution in [0.1, 0.15) is 24.0 Å². The molecule has 0 N–H and O–H groups in total. The Hall–Kier alpha value is -1.98. The summed E-state index contributed by atoms with van der Waals surface area (Å²) in [5.41, 5.74) is 0.376. The Bertz CT molecular complexity index is 983. The van der Waals surface area contributed by atoms with Crippen molar-refractivity contribution in [2.24, 2.45) is 0 Å². The maximum absolute atomic E-state index is 14.1. The van der Waals surface area contributed by atoms with Gasteiger partial charge in [0.1, 0.15) is 11.5 Å². The van der Waals surface area contributed by atoms with E-state index in [9.17, 15) is 17.2 Å². The first-order valence-electron chi connectivity index (χ1n) is 6.83. The molecule has 3 rings (SSSR count). The van der Waals surface area contributed by atoms with Crippen molar-refractivity contribution in [2.75, 3.05) is 0 Å². The van der Waals surface area contributed by atoms with Crippen molar-refractivity contribution in [3.63, 3.8) is 0 Å². The number of benzene rings is 2. The predicted octanol–water partition coefficient (Wildman–Crippen LogP) is 4.60. The summed E-state index contributed by atoms with van der Waals surface area (Å²) in [6.45, 7) is 1.16. The summed E-state index contributed by atoms with van der Waals surface area (Å²) in [6.07, 6.45) is 0. The number of sulfone groups is 1. The fourth-order valence-electron chi connectivity index (χ4n) is 2.58. The molecule has 0 saturated heterocycles. The molecule has 1 aliphatic heterocycles. The van der Waals surface area contributed by atoms with Gasteiger partial charge in [0.25, 0.3) is 0 Å². The average Bonchev–Trinajstić information content (AvgIpc) is 2.68. The van der Waals surface area contributed by atoms with Gasteiger partial charge < -0.3 is 4.74 Å². The van der Waals surface area contributed by atoms with Crippen LogP contribution in [0, 0.1) is 11.3 Å². The molecule has 0 spiro atoms. The number of alkyl halides is 2. The second-order valence-electron chi connectivity index (χ2n) is 5.32. The summed E-state index contributed by atoms with van der Waals surface area (Å²) in [5, 5.41) is 5.03. The zero-order valence-electron chi connectivity index (χ0n) is 12.3. The van der Waals surface area contributed by atoms with Crippen molar-refractivity contribution in [3.05, 3.63) is 52.0 Å². The minimum atomic E-state index is -4.72. The van der Waals surface area contributed by atoms with Crippen LogP contribution in [-0.4, -0.2) is 13.7 Å². The van der Waals surface area contributed by atoms with Crippen molar-refractivity contribution in [2.45, 2.75) is 23.0 Å². The van der Waals surface area contributed by atoms with Gasteiger partial charge in [0.05, 0.1) is 26.9 Å². The van der Waals surface area contributed by atoms with Gasteiger partial charge in [-0.1, -0.05) is 13.0 Å². The molecule has 0 radical (unpaired) electrons. The Labute approximate surface area is 145 Å². The van der Waals surface area contributed by atoms with Gasteiger partial charge in [-0.15, -0.1) is 0 Å². The number of rotatable bonds is 2. The lowest BCUT2D eigenvalue weighted by atomic mass is 10.0. The van der Waals surface area contributed by atoms with Crippen LogP contribution >= 0.6 is 15.9 Å². The minimum Gasteiger partial charge on any atom is -0.456 e. The summed E-state index contributed by atoms with van der Waals surface area (Å²) < 4.78 is 57.9. The van der Waals surface area contributed by atoms with Crippen LogP contribution in [0.2, 0.25) is 0 Å². The van der Waals surface area contributed by atoms with Crippen molar-refractivity contribution in [1.29, 1.82) is 5.26 Å². The number of halogens is 3. The van der Waals surface area contributed by atoms with Gasteiger partial charge in [-0.2, -0.15) is 14.0 Å². The number of ether oxygens (including phenoxy) is 1. The molecule has 2 aromatic carbocycles. The molecular formula is C16H10BrF2NO3S. The van der Waals surface area contributed by atoms with E-state index in [-0.39, 0.29) is 15.8 Å². The molecule has 0 aliphatic carbocycles. The molecule has 8 heteroatoms. The fourth-order valence-corrected chi connectivity index (χ4v) is 5.17. The van der Waals surface area contributed by atoms with E-state index in [4.69, 9.17) is 10.00 Å². The molecule has 1 atom stereocenters. The molecule has 2 aromatic rings. The second-order valence-corrected chi connectivity index (χ2v) is 8.10. The molecular weight excluding hydrogens is 404 g/mol. The lowest BCUT2D eigenvalue weighted by molar-refractivity contribution is 0.0724. The molecule has 0 fully saturated rings. The molecule has 1 aliphatic rings. The van der Waals surface area contributed by atoms with E-state index in [1.54, 1.807) is 18.2 Å². The van der Waals surface area contributed by atoms with Crippen LogP contribution in [0.4, 0.5) is 8.78 Å². The fraction of sp³-hybridized carbons (Fsp3) is 0.188. The predicted molar refractivity (Wildman–Crippen MR) is 85.9 cm³/mol. The number of hydrogen-bond acceptors (Lipinski definition) is 4. The highest BCUT2D eigenvalue weighted by atomic mass is 79.9. The first-order valence-corrected chi connectivity index (χ1v) is 9.10. The van der Waals surface area contributed by atoms with Crippen molar-refractivity contribution in [3.8, 4) is 17.6 Å². The third kappa shape index (κ3) is 2.31. The number of nitriles is 1. The Balaban J connectivity index is 2.09. The lowest BCUT2D eigenvalue weighted by Gasteiger charge is -2.15. The van der Waals surface area contributed by atoms with E-state index in [2.05, 4.69) is 15.9 Å². The van der Waals surface area contributed by atoms with Gasteiger partial charge in [0.15, 0.2) is 0 Å². The molecule has 0 bridgehead atoms. The Morgan fingerprint density at radius 3 is 2.67 bits per heavy atom. The van der Waals surface area contributed by atoms with Gasteiger partial charge in [-0.05, 0) is 51.8 Å². The molecule has 24 heavy (non-hydrogen) atoms. The van der Waals surface area contributed by atoms with E-state index in [1.165, 1.54) is 12.1 Å². The Morgan fingerprint density at radius 1 is 1.29 bits per heavy atom. The smallest absolute Gasteiger partial charge is 0.356 e. The largest absolute Gasteiger partial charge is 0.456 e. The maximum Gasteiger partial charge on any atom is 0.356 e. The number of hydrogen-bond donors (Lipinski definition) is 0. The number of fused-ring (bicyclic) bond motifs is 1. The van der Waals surface area contributed by atoms with Crippen LogP contribution in [-0.2, 0) is 9.84 Å².